The second-order valence-electron chi connectivity index (χ2n) is 2.76. The van der Waals surface area contributed by atoms with Crippen LogP contribution in [-0.2, 0) is 11.8 Å². The summed E-state index contributed by atoms with van der Waals surface area (Å²) in [7, 11) is 1.69. The Bertz CT molecular complexity index is 337. The molecule has 2 N–H and O–H groups in total. The fraction of sp³-hybridized carbons (Fsp3) is 0.571. The Morgan fingerprint density at radius 2 is 2.29 bits per heavy atom. The molecule has 0 fully saturated rings. The summed E-state index contributed by atoms with van der Waals surface area (Å²) in [6.45, 7) is 1.58. The van der Waals surface area contributed by atoms with Gasteiger partial charge in [0.15, 0.2) is 11.0 Å². The first-order valence-electron chi connectivity index (χ1n) is 3.94. The van der Waals surface area contributed by atoms with Gasteiger partial charge in [0.1, 0.15) is 6.10 Å². The molecule has 6 nitrogen and oxygen atoms in total. The Morgan fingerprint density at radius 3 is 2.71 bits per heavy atom. The van der Waals surface area contributed by atoms with E-state index >= 15 is 0 Å². The van der Waals surface area contributed by atoms with Gasteiger partial charge in [-0.05, 0) is 6.92 Å². The summed E-state index contributed by atoms with van der Waals surface area (Å²) >= 11 is 1.07. The average molecular weight is 217 g/mol. The smallest absolute Gasteiger partial charge is 0.313 e. The Hall–Kier alpha value is -1.08. The van der Waals surface area contributed by atoms with E-state index < -0.39 is 12.1 Å². The number of nitrogens with zero attached hydrogens (tertiary/aromatic N) is 3. The van der Waals surface area contributed by atoms with Crippen LogP contribution in [0.2, 0.25) is 0 Å². The van der Waals surface area contributed by atoms with Crippen molar-refractivity contribution in [2.75, 3.05) is 5.75 Å². The first-order chi connectivity index (χ1) is 6.52. The lowest BCUT2D eigenvalue weighted by Crippen LogP contribution is -2.04. The van der Waals surface area contributed by atoms with Crippen molar-refractivity contribution in [3.05, 3.63) is 5.82 Å². The molecule has 0 saturated heterocycles. The topological polar surface area (TPSA) is 88.2 Å². The van der Waals surface area contributed by atoms with E-state index in [4.69, 9.17) is 5.11 Å². The van der Waals surface area contributed by atoms with Gasteiger partial charge in [0, 0.05) is 7.05 Å². The van der Waals surface area contributed by atoms with Crippen molar-refractivity contribution in [2.24, 2.45) is 7.05 Å². The van der Waals surface area contributed by atoms with Crippen LogP contribution >= 0.6 is 11.8 Å². The van der Waals surface area contributed by atoms with Crippen LogP contribution in [0.1, 0.15) is 18.9 Å². The van der Waals surface area contributed by atoms with E-state index in [0.717, 1.165) is 11.8 Å². The highest BCUT2D eigenvalue weighted by Gasteiger charge is 2.13. The molecule has 1 aromatic rings. The third-order valence-electron chi connectivity index (χ3n) is 1.57. The van der Waals surface area contributed by atoms with Crippen molar-refractivity contribution in [1.82, 2.24) is 14.8 Å². The summed E-state index contributed by atoms with van der Waals surface area (Å²) in [4.78, 5) is 10.3. The van der Waals surface area contributed by atoms with E-state index in [9.17, 15) is 9.90 Å². The highest BCUT2D eigenvalue weighted by molar-refractivity contribution is 7.99. The normalized spacial score (nSPS) is 12.8. The zero-order chi connectivity index (χ0) is 10.7. The predicted molar refractivity (Wildman–Crippen MR) is 50.0 cm³/mol. The minimum atomic E-state index is -0.906. The molecule has 0 aliphatic heterocycles. The van der Waals surface area contributed by atoms with Crippen LogP contribution in [0.4, 0.5) is 0 Å². The summed E-state index contributed by atoms with van der Waals surface area (Å²) in [6, 6.07) is 0. The van der Waals surface area contributed by atoms with Crippen LogP contribution in [0.15, 0.2) is 5.16 Å². The molecule has 7 heteroatoms. The molecule has 1 rings (SSSR count). The molecule has 0 saturated carbocycles. The predicted octanol–water partition coefficient (Wildman–Crippen LogP) is 0.0451. The maximum atomic E-state index is 10.3. The van der Waals surface area contributed by atoms with Crippen LogP contribution in [0, 0.1) is 0 Å². The number of aromatic nitrogens is 3. The van der Waals surface area contributed by atoms with Gasteiger partial charge in [0.2, 0.25) is 0 Å². The molecular weight excluding hydrogens is 206 g/mol. The molecule has 78 valence electrons. The van der Waals surface area contributed by atoms with E-state index in [1.807, 2.05) is 0 Å². The number of aliphatic hydroxyl groups excluding tert-OH is 1. The molecule has 0 spiro atoms. The number of carboxylic acid groups (broad SMARTS) is 1. The van der Waals surface area contributed by atoms with Crippen LogP contribution in [0.25, 0.3) is 0 Å². The number of hydrogen-bond acceptors (Lipinski definition) is 5. The van der Waals surface area contributed by atoms with E-state index in [1.54, 1.807) is 18.5 Å². The molecule has 0 aliphatic carbocycles. The van der Waals surface area contributed by atoms with Gasteiger partial charge in [-0.1, -0.05) is 11.8 Å². The van der Waals surface area contributed by atoms with Crippen molar-refractivity contribution in [3.63, 3.8) is 0 Å². The Balaban J connectivity index is 2.74. The minimum absolute atomic E-state index is 0.0637. The van der Waals surface area contributed by atoms with E-state index in [0.29, 0.717) is 11.0 Å². The maximum absolute atomic E-state index is 10.3. The van der Waals surface area contributed by atoms with Gasteiger partial charge in [-0.15, -0.1) is 10.2 Å². The van der Waals surface area contributed by atoms with Gasteiger partial charge in [0.25, 0.3) is 0 Å². The molecule has 0 aliphatic rings. The van der Waals surface area contributed by atoms with Crippen LogP contribution < -0.4 is 0 Å². The first-order valence-corrected chi connectivity index (χ1v) is 4.93. The Labute approximate surface area is 85.0 Å². The largest absolute Gasteiger partial charge is 0.481 e. The number of carbonyl (C=O) groups is 1. The van der Waals surface area contributed by atoms with Gasteiger partial charge < -0.3 is 14.8 Å². The quantitative estimate of drug-likeness (QED) is 0.692. The fourth-order valence-corrected chi connectivity index (χ4v) is 1.58. The number of hydrogen-bond donors (Lipinski definition) is 2. The first kappa shape index (κ1) is 11.0. The van der Waals surface area contributed by atoms with Crippen molar-refractivity contribution in [3.8, 4) is 0 Å². The molecule has 14 heavy (non-hydrogen) atoms. The SMILES string of the molecule is C[C@H](O)c1nnc(SCC(=O)O)n1C. The van der Waals surface area contributed by atoms with E-state index in [-0.39, 0.29) is 5.75 Å². The molecule has 1 heterocycles. The van der Waals surface area contributed by atoms with Crippen molar-refractivity contribution < 1.29 is 15.0 Å². The summed E-state index contributed by atoms with van der Waals surface area (Å²) in [5.41, 5.74) is 0. The summed E-state index contributed by atoms with van der Waals surface area (Å²) in [5.74, 6) is -0.541. The molecule has 0 radical (unpaired) electrons. The Morgan fingerprint density at radius 1 is 1.64 bits per heavy atom. The van der Waals surface area contributed by atoms with Crippen LogP contribution in [0.3, 0.4) is 0 Å². The lowest BCUT2D eigenvalue weighted by Gasteiger charge is -2.03. The number of aliphatic hydroxyl groups is 1. The number of aliphatic carboxylic acids is 1. The summed E-state index contributed by atoms with van der Waals surface area (Å²) in [6.07, 6.45) is -0.702. The molecule has 1 atom stereocenters. The van der Waals surface area contributed by atoms with E-state index in [2.05, 4.69) is 10.2 Å². The van der Waals surface area contributed by atoms with Gasteiger partial charge in [0.05, 0.1) is 5.75 Å². The third-order valence-corrected chi connectivity index (χ3v) is 2.57. The molecule has 0 amide bonds. The molecular formula is C7H11N3O3S. The molecule has 0 aromatic carbocycles. The highest BCUT2D eigenvalue weighted by Crippen LogP contribution is 2.18. The number of carboxylic acids is 1. The van der Waals surface area contributed by atoms with Gasteiger partial charge in [-0.25, -0.2) is 0 Å². The average Bonchev–Trinajstić information content (AvgIpc) is 2.43. The fourth-order valence-electron chi connectivity index (χ4n) is 0.942. The lowest BCUT2D eigenvalue weighted by molar-refractivity contribution is -0.133. The molecule has 0 unspecified atom stereocenters. The maximum Gasteiger partial charge on any atom is 0.313 e. The van der Waals surface area contributed by atoms with Gasteiger partial charge >= 0.3 is 5.97 Å². The monoisotopic (exact) mass is 217 g/mol. The van der Waals surface area contributed by atoms with Crippen LogP contribution in [0.5, 0.6) is 0 Å². The highest BCUT2D eigenvalue weighted by atomic mass is 32.2. The standard InChI is InChI=1S/C7H11N3O3S/c1-4(11)6-8-9-7(10(6)2)14-3-5(12)13/h4,11H,3H2,1-2H3,(H,12,13)/t4-/m0/s1. The lowest BCUT2D eigenvalue weighted by atomic mass is 10.4. The molecule has 1 aromatic heterocycles. The van der Waals surface area contributed by atoms with Crippen molar-refractivity contribution in [1.29, 1.82) is 0 Å². The summed E-state index contributed by atoms with van der Waals surface area (Å²) < 4.78 is 1.58. The van der Waals surface area contributed by atoms with Gasteiger partial charge in [-0.2, -0.15) is 0 Å². The van der Waals surface area contributed by atoms with Crippen molar-refractivity contribution in [2.45, 2.75) is 18.2 Å². The van der Waals surface area contributed by atoms with Crippen LogP contribution in [-0.4, -0.2) is 36.7 Å². The second-order valence-corrected chi connectivity index (χ2v) is 3.70. The molecule has 0 bridgehead atoms. The van der Waals surface area contributed by atoms with E-state index in [1.165, 1.54) is 0 Å². The second kappa shape index (κ2) is 4.43. The van der Waals surface area contributed by atoms with Gasteiger partial charge in [-0.3, -0.25) is 4.79 Å². The Kier molecular flexibility index (Phi) is 3.48. The zero-order valence-electron chi connectivity index (χ0n) is 7.84. The van der Waals surface area contributed by atoms with Crippen molar-refractivity contribution >= 4 is 17.7 Å². The number of rotatable bonds is 4. The minimum Gasteiger partial charge on any atom is -0.481 e. The summed E-state index contributed by atoms with van der Waals surface area (Å²) in [5, 5.41) is 25.7. The number of thioether (sulfide) groups is 1. The third kappa shape index (κ3) is 2.46. The zero-order valence-corrected chi connectivity index (χ0v) is 8.65.